The van der Waals surface area contributed by atoms with Gasteiger partial charge in [0.05, 0.1) is 27.6 Å². The number of carbonyl (C=O) groups excluding carboxylic acids is 1. The summed E-state index contributed by atoms with van der Waals surface area (Å²) < 4.78 is 17.6. The number of benzene rings is 3. The van der Waals surface area contributed by atoms with Crippen molar-refractivity contribution in [3.8, 4) is 0 Å². The summed E-state index contributed by atoms with van der Waals surface area (Å²) in [5, 5.41) is 7.60. The van der Waals surface area contributed by atoms with Gasteiger partial charge in [0.15, 0.2) is 6.23 Å². The number of carbonyl (C=O) groups is 1. The Kier molecular flexibility index (Phi) is 3.27. The molecule has 5 aromatic rings. The van der Waals surface area contributed by atoms with Gasteiger partial charge in [0.1, 0.15) is 12.3 Å². The molecule has 1 amide bonds. The Labute approximate surface area is 189 Å². The fourth-order valence-corrected chi connectivity index (χ4v) is 6.82. The number of rotatable bonds is 1. The van der Waals surface area contributed by atoms with Gasteiger partial charge in [-0.25, -0.2) is 0 Å². The number of hydrogen-bond acceptors (Lipinski definition) is 3. The third-order valence-corrected chi connectivity index (χ3v) is 8.08. The molecule has 0 radical (unpaired) electrons. The number of para-hydroxylation sites is 2. The summed E-state index contributed by atoms with van der Waals surface area (Å²) in [6.07, 6.45) is 0.439. The average Bonchev–Trinajstić information content (AvgIpc) is 3.45. The van der Waals surface area contributed by atoms with Crippen LogP contribution in [0.5, 0.6) is 0 Å². The molecule has 6 heteroatoms. The summed E-state index contributed by atoms with van der Waals surface area (Å²) in [7, 11) is 1.79. The van der Waals surface area contributed by atoms with E-state index in [9.17, 15) is 4.79 Å². The van der Waals surface area contributed by atoms with Gasteiger partial charge in [0.2, 0.25) is 0 Å². The highest BCUT2D eigenvalue weighted by molar-refractivity contribution is 6.30. The first-order valence-corrected chi connectivity index (χ1v) is 11.7. The van der Waals surface area contributed by atoms with Crippen LogP contribution < -0.4 is 5.32 Å². The SMILES string of the molecule is CO[C@H]1[C@@H](C)C[C@H]2O[C@@H]1n1c3ccccc3c3c4c(c5c6ccccc6n2c5c31)C(=O)NC4. The molecule has 0 spiro atoms. The Hall–Kier alpha value is -3.35. The smallest absolute Gasteiger partial charge is 0.252 e. The molecule has 0 aliphatic carbocycles. The second kappa shape index (κ2) is 5.95. The number of amides is 1. The number of fused-ring (bicyclic) bond motifs is 13. The van der Waals surface area contributed by atoms with Gasteiger partial charge in [-0.05, 0) is 30.0 Å². The van der Waals surface area contributed by atoms with Crippen molar-refractivity contribution in [2.45, 2.75) is 38.4 Å². The van der Waals surface area contributed by atoms with Crippen LogP contribution in [0.25, 0.3) is 43.6 Å². The summed E-state index contributed by atoms with van der Waals surface area (Å²) in [6.45, 7) is 2.80. The molecule has 3 aromatic carbocycles. The molecular formula is C27H23N3O3. The van der Waals surface area contributed by atoms with Gasteiger partial charge in [0, 0.05) is 35.2 Å². The van der Waals surface area contributed by atoms with E-state index in [-0.39, 0.29) is 24.5 Å². The molecule has 0 unspecified atom stereocenters. The highest BCUT2D eigenvalue weighted by atomic mass is 16.6. The second-order valence-electron chi connectivity index (χ2n) is 9.65. The molecule has 6 nitrogen and oxygen atoms in total. The lowest BCUT2D eigenvalue weighted by Crippen LogP contribution is -2.40. The first kappa shape index (κ1) is 18.1. The minimum absolute atomic E-state index is 0.0166. The minimum Gasteiger partial charge on any atom is -0.376 e. The summed E-state index contributed by atoms with van der Waals surface area (Å²) in [5.74, 6) is 0.332. The second-order valence-corrected chi connectivity index (χ2v) is 9.65. The highest BCUT2D eigenvalue weighted by Gasteiger charge is 2.44. The van der Waals surface area contributed by atoms with Gasteiger partial charge in [-0.2, -0.15) is 0 Å². The zero-order valence-electron chi connectivity index (χ0n) is 18.5. The van der Waals surface area contributed by atoms with Crippen molar-refractivity contribution >= 4 is 49.5 Å². The Morgan fingerprint density at radius 2 is 1.64 bits per heavy atom. The topological polar surface area (TPSA) is 57.4 Å². The Balaban J connectivity index is 1.73. The number of nitrogens with zero attached hydrogens (tertiary/aromatic N) is 2. The van der Waals surface area contributed by atoms with Crippen molar-refractivity contribution < 1.29 is 14.3 Å². The maximum Gasteiger partial charge on any atom is 0.252 e. The van der Waals surface area contributed by atoms with E-state index in [2.05, 4.69) is 69.9 Å². The maximum absolute atomic E-state index is 13.2. The molecule has 8 rings (SSSR count). The molecule has 5 heterocycles. The summed E-state index contributed by atoms with van der Waals surface area (Å²) in [5.41, 5.74) is 6.42. The van der Waals surface area contributed by atoms with Crippen LogP contribution in [0.3, 0.4) is 0 Å². The largest absolute Gasteiger partial charge is 0.376 e. The van der Waals surface area contributed by atoms with E-state index in [1.165, 1.54) is 0 Å². The number of hydrogen-bond donors (Lipinski definition) is 1. The van der Waals surface area contributed by atoms with E-state index in [4.69, 9.17) is 9.47 Å². The first-order chi connectivity index (χ1) is 16.2. The number of aromatic nitrogens is 2. The molecule has 164 valence electrons. The van der Waals surface area contributed by atoms with Crippen molar-refractivity contribution in [3.63, 3.8) is 0 Å². The van der Waals surface area contributed by atoms with E-state index in [0.717, 1.165) is 61.2 Å². The van der Waals surface area contributed by atoms with E-state index in [0.29, 0.717) is 12.5 Å². The predicted octanol–water partition coefficient (Wildman–Crippen LogP) is 5.23. The van der Waals surface area contributed by atoms with Crippen LogP contribution in [-0.2, 0) is 16.0 Å². The van der Waals surface area contributed by atoms with E-state index >= 15 is 0 Å². The molecule has 3 aliphatic heterocycles. The van der Waals surface area contributed by atoms with Crippen molar-refractivity contribution in [1.29, 1.82) is 0 Å². The van der Waals surface area contributed by atoms with Gasteiger partial charge < -0.3 is 23.9 Å². The van der Waals surface area contributed by atoms with Crippen LogP contribution in [0.1, 0.15) is 41.7 Å². The molecular weight excluding hydrogens is 414 g/mol. The van der Waals surface area contributed by atoms with Crippen LogP contribution >= 0.6 is 0 Å². The summed E-state index contributed by atoms with van der Waals surface area (Å²) >= 11 is 0. The standard InChI is InChI=1S/C27H23N3O3/c1-13-11-19-29-17-9-5-4-8-15(17)21-22-16(12-28-26(22)31)20-14-7-3-6-10-18(14)30(23(20)24(21)29)27(33-19)25(13)32-2/h3-10,13,19,25,27H,11-12H2,1-2H3,(H,28,31)/t13-,19+,25-,27-/m0/s1. The molecule has 3 aliphatic rings. The molecule has 0 saturated carbocycles. The number of ether oxygens (including phenoxy) is 2. The third-order valence-electron chi connectivity index (χ3n) is 8.08. The fourth-order valence-electron chi connectivity index (χ4n) is 6.82. The van der Waals surface area contributed by atoms with E-state index in [1.54, 1.807) is 7.11 Å². The normalized spacial score (nSPS) is 25.9. The van der Waals surface area contributed by atoms with Gasteiger partial charge in [-0.3, -0.25) is 4.79 Å². The summed E-state index contributed by atoms with van der Waals surface area (Å²) in [4.78, 5) is 13.2. The molecule has 4 atom stereocenters. The molecule has 2 aromatic heterocycles. The van der Waals surface area contributed by atoms with Crippen molar-refractivity contribution in [2.24, 2.45) is 5.92 Å². The lowest BCUT2D eigenvalue weighted by atomic mass is 9.95. The maximum atomic E-state index is 13.2. The monoisotopic (exact) mass is 437 g/mol. The fraction of sp³-hybridized carbons (Fsp3) is 0.296. The van der Waals surface area contributed by atoms with Crippen LogP contribution in [0.15, 0.2) is 48.5 Å². The Bertz CT molecular complexity index is 1680. The molecule has 1 saturated heterocycles. The first-order valence-electron chi connectivity index (χ1n) is 11.7. The molecule has 1 N–H and O–H groups in total. The van der Waals surface area contributed by atoms with Crippen molar-refractivity contribution in [1.82, 2.24) is 14.5 Å². The van der Waals surface area contributed by atoms with Crippen molar-refractivity contribution in [2.75, 3.05) is 7.11 Å². The quantitative estimate of drug-likeness (QED) is 0.391. The Morgan fingerprint density at radius 3 is 2.39 bits per heavy atom. The van der Waals surface area contributed by atoms with Crippen molar-refractivity contribution in [3.05, 3.63) is 59.7 Å². The molecule has 2 bridgehead atoms. The highest BCUT2D eigenvalue weighted by Crippen LogP contribution is 2.52. The minimum atomic E-state index is -0.240. The lowest BCUT2D eigenvalue weighted by Gasteiger charge is -2.40. The van der Waals surface area contributed by atoms with Crippen LogP contribution in [0.4, 0.5) is 0 Å². The van der Waals surface area contributed by atoms with Gasteiger partial charge in [0.25, 0.3) is 5.91 Å². The van der Waals surface area contributed by atoms with Gasteiger partial charge in [-0.15, -0.1) is 0 Å². The zero-order valence-corrected chi connectivity index (χ0v) is 18.5. The molecule has 33 heavy (non-hydrogen) atoms. The zero-order chi connectivity index (χ0) is 22.0. The van der Waals surface area contributed by atoms with Gasteiger partial charge in [-0.1, -0.05) is 43.3 Å². The summed E-state index contributed by atoms with van der Waals surface area (Å²) in [6, 6.07) is 16.9. The Morgan fingerprint density at radius 1 is 0.970 bits per heavy atom. The van der Waals surface area contributed by atoms with E-state index in [1.807, 2.05) is 0 Å². The van der Waals surface area contributed by atoms with Crippen LogP contribution in [0.2, 0.25) is 0 Å². The molecule has 1 fully saturated rings. The lowest BCUT2D eigenvalue weighted by molar-refractivity contribution is -0.201. The van der Waals surface area contributed by atoms with Crippen LogP contribution in [0, 0.1) is 5.92 Å². The predicted molar refractivity (Wildman–Crippen MR) is 127 cm³/mol. The number of methoxy groups -OCH3 is 1. The van der Waals surface area contributed by atoms with E-state index < -0.39 is 0 Å². The van der Waals surface area contributed by atoms with Gasteiger partial charge >= 0.3 is 0 Å². The average molecular weight is 437 g/mol. The van der Waals surface area contributed by atoms with Crippen LogP contribution in [-0.4, -0.2) is 28.3 Å². The number of nitrogens with one attached hydrogen (secondary N) is 1. The third kappa shape index (κ3) is 1.97.